The molecule has 5 aliphatic rings. The Morgan fingerprint density at radius 2 is 1.61 bits per heavy atom. The molecule has 2 aromatic rings. The molecule has 2 saturated carbocycles. The maximum atomic E-state index is 15.6. The molecule has 2 bridgehead atoms. The fourth-order valence-corrected chi connectivity index (χ4v) is 10.2. The maximum absolute atomic E-state index is 15.6. The Balaban J connectivity index is 1.48. The largest absolute Gasteiger partial charge is 0.509 e. The monoisotopic (exact) mass is 865 g/mol. The van der Waals surface area contributed by atoms with Gasteiger partial charge in [-0.25, -0.2) is 14.4 Å². The predicted octanol–water partition coefficient (Wildman–Crippen LogP) is 3.21. The van der Waals surface area contributed by atoms with Crippen LogP contribution in [-0.4, -0.2) is 112 Å². The Hall–Kier alpha value is -5.59. The van der Waals surface area contributed by atoms with Gasteiger partial charge in [0.25, 0.3) is 0 Å². The summed E-state index contributed by atoms with van der Waals surface area (Å²) >= 11 is 0. The first-order chi connectivity index (χ1) is 28.9. The molecule has 2 aliphatic heterocycles. The van der Waals surface area contributed by atoms with E-state index >= 15 is 4.79 Å². The number of carbonyl (C=O) groups excluding carboxylic acids is 7. The van der Waals surface area contributed by atoms with Crippen molar-refractivity contribution in [1.82, 2.24) is 5.32 Å². The fourth-order valence-electron chi connectivity index (χ4n) is 10.2. The SMILES string of the molecule is CC(=O)O[C@H]1C(=O)[C@@]2(C)[C@H]([C@H](OC(=O)c3ccccc3)[C@]34OC(=O)O[C@H]3[C@H](OC(=O)[C@H](O)[C@@H](NC(=O)C(C)(C)C)c3ccco3)C(C)=C1C4(C)C)[C@]1(OC(C)=O)CO[C@@H]1C[C@@H]2O. The molecule has 1 aromatic heterocycles. The number of fused-ring (bicyclic) bond motifs is 4. The summed E-state index contributed by atoms with van der Waals surface area (Å²) in [6, 6.07) is 9.10. The van der Waals surface area contributed by atoms with Crippen molar-refractivity contribution in [2.75, 3.05) is 6.61 Å². The van der Waals surface area contributed by atoms with E-state index in [-0.39, 0.29) is 35.5 Å². The van der Waals surface area contributed by atoms with Gasteiger partial charge in [-0.3, -0.25) is 19.2 Å². The third kappa shape index (κ3) is 6.68. The van der Waals surface area contributed by atoms with Gasteiger partial charge in [0.05, 0.1) is 35.9 Å². The van der Waals surface area contributed by atoms with E-state index in [2.05, 4.69) is 5.32 Å². The topological polar surface area (TPSA) is 250 Å². The molecule has 62 heavy (non-hydrogen) atoms. The van der Waals surface area contributed by atoms with E-state index in [1.807, 2.05) is 0 Å². The van der Waals surface area contributed by atoms with E-state index in [1.54, 1.807) is 39.0 Å². The molecule has 1 amide bonds. The van der Waals surface area contributed by atoms with Crippen LogP contribution in [0.5, 0.6) is 0 Å². The molecular weight excluding hydrogens is 814 g/mol. The molecule has 3 heterocycles. The summed E-state index contributed by atoms with van der Waals surface area (Å²) in [5.74, 6) is -7.25. The number of benzene rings is 1. The summed E-state index contributed by atoms with van der Waals surface area (Å²) in [6.07, 6.45) is -12.6. The molecule has 12 atom stereocenters. The minimum absolute atomic E-state index is 0.0132. The molecule has 18 nitrogen and oxygen atoms in total. The van der Waals surface area contributed by atoms with Gasteiger partial charge in [-0.1, -0.05) is 52.8 Å². The van der Waals surface area contributed by atoms with Crippen molar-refractivity contribution in [3.63, 3.8) is 0 Å². The third-order valence-electron chi connectivity index (χ3n) is 13.3. The highest BCUT2D eigenvalue weighted by atomic mass is 16.8. The lowest BCUT2D eigenvalue weighted by Gasteiger charge is -2.67. The van der Waals surface area contributed by atoms with Crippen LogP contribution in [-0.2, 0) is 57.1 Å². The number of Topliss-reactive ketones (excluding diaryl/α,β-unsaturated/α-hetero) is 1. The summed E-state index contributed by atoms with van der Waals surface area (Å²) in [5, 5.41) is 26.5. The molecule has 18 heteroatoms. The first-order valence-corrected chi connectivity index (χ1v) is 20.2. The Labute approximate surface area is 356 Å². The lowest BCUT2D eigenvalue weighted by molar-refractivity contribution is -0.345. The van der Waals surface area contributed by atoms with Gasteiger partial charge < -0.3 is 53.1 Å². The number of aliphatic hydroxyl groups excluding tert-OH is 2. The van der Waals surface area contributed by atoms with Gasteiger partial charge in [0.15, 0.2) is 41.9 Å². The average Bonchev–Trinajstić information content (AvgIpc) is 3.86. The lowest BCUT2D eigenvalue weighted by Crippen LogP contribution is -2.83. The Morgan fingerprint density at radius 3 is 2.18 bits per heavy atom. The van der Waals surface area contributed by atoms with Crippen LogP contribution in [0.3, 0.4) is 0 Å². The summed E-state index contributed by atoms with van der Waals surface area (Å²) in [4.78, 5) is 97.7. The van der Waals surface area contributed by atoms with E-state index in [9.17, 15) is 39.0 Å². The summed E-state index contributed by atoms with van der Waals surface area (Å²) in [5.41, 5.74) is -9.15. The molecule has 4 fully saturated rings. The van der Waals surface area contributed by atoms with E-state index in [4.69, 9.17) is 37.6 Å². The Morgan fingerprint density at radius 1 is 0.935 bits per heavy atom. The number of nitrogens with one attached hydrogen (secondary N) is 1. The van der Waals surface area contributed by atoms with E-state index in [0.717, 1.165) is 13.8 Å². The predicted molar refractivity (Wildman–Crippen MR) is 208 cm³/mol. The highest BCUT2D eigenvalue weighted by Gasteiger charge is 2.83. The summed E-state index contributed by atoms with van der Waals surface area (Å²) < 4.78 is 48.2. The van der Waals surface area contributed by atoms with Crippen LogP contribution >= 0.6 is 0 Å². The van der Waals surface area contributed by atoms with Gasteiger partial charge in [-0.15, -0.1) is 0 Å². The van der Waals surface area contributed by atoms with Crippen LogP contribution in [0.2, 0.25) is 0 Å². The van der Waals surface area contributed by atoms with Crippen molar-refractivity contribution in [1.29, 1.82) is 0 Å². The summed E-state index contributed by atoms with van der Waals surface area (Å²) in [6.45, 7) is 12.5. The smallest absolute Gasteiger partial charge is 0.467 e. The molecule has 3 N–H and O–H groups in total. The number of furan rings is 1. The lowest BCUT2D eigenvalue weighted by atomic mass is 9.44. The average molecular weight is 866 g/mol. The van der Waals surface area contributed by atoms with Gasteiger partial charge in [0.1, 0.15) is 17.9 Å². The normalized spacial score (nSPS) is 34.1. The third-order valence-corrected chi connectivity index (χ3v) is 13.3. The number of esters is 4. The minimum atomic E-state index is -2.38. The second kappa shape index (κ2) is 15.3. The van der Waals surface area contributed by atoms with E-state index < -0.39 is 124 Å². The van der Waals surface area contributed by atoms with Crippen molar-refractivity contribution in [2.24, 2.45) is 22.2 Å². The second-order valence-corrected chi connectivity index (χ2v) is 18.3. The Bertz CT molecular complexity index is 2210. The van der Waals surface area contributed by atoms with Crippen molar-refractivity contribution in [2.45, 2.75) is 129 Å². The van der Waals surface area contributed by atoms with Crippen LogP contribution in [0.4, 0.5) is 4.79 Å². The molecule has 1 aromatic carbocycles. The van der Waals surface area contributed by atoms with Crippen LogP contribution in [0.25, 0.3) is 0 Å². The highest BCUT2D eigenvalue weighted by molar-refractivity contribution is 5.96. The van der Waals surface area contributed by atoms with Crippen molar-refractivity contribution < 1.29 is 81.4 Å². The van der Waals surface area contributed by atoms with Gasteiger partial charge in [-0.05, 0) is 49.3 Å². The number of rotatable bonds is 9. The molecule has 334 valence electrons. The number of amides is 1. The van der Waals surface area contributed by atoms with E-state index in [1.165, 1.54) is 58.2 Å². The molecule has 0 radical (unpaired) electrons. The quantitative estimate of drug-likeness (QED) is 0.186. The summed E-state index contributed by atoms with van der Waals surface area (Å²) in [7, 11) is 0. The minimum Gasteiger partial charge on any atom is -0.467 e. The number of ketones is 1. The maximum Gasteiger partial charge on any atom is 0.509 e. The zero-order valence-corrected chi connectivity index (χ0v) is 35.7. The molecule has 3 aliphatic carbocycles. The Kier molecular flexibility index (Phi) is 11.0. The first-order valence-electron chi connectivity index (χ1n) is 20.2. The number of aliphatic hydroxyl groups is 2. The van der Waals surface area contributed by atoms with E-state index in [0.29, 0.717) is 0 Å². The molecule has 1 spiro atoms. The standard InChI is InChI=1S/C44H51NO17/c1-20-27-31(57-21(2)46)33(50)42(9)25(48)18-26-43(19-56-26,61-22(3)47)32(42)35(59-36(51)23-14-11-10-12-15-23)44(41(27,7)8)34(60-39(54)62-44)30(20)58-37(52)29(49)28(24-16-13-17-55-24)45-38(53)40(4,5)6/h10-17,25-26,28-32,34-35,48-49H,18-19H2,1-9H3,(H,45,53)/t25-,26+,28-,29+,30+,31+,32-,34-,35-,42+,43-,44+/m0/s1. The molecule has 7 rings (SSSR count). The zero-order chi connectivity index (χ0) is 45.5. The molecule has 0 unspecified atom stereocenters. The van der Waals surface area contributed by atoms with Crippen LogP contribution in [0.15, 0.2) is 64.3 Å². The van der Waals surface area contributed by atoms with Crippen molar-refractivity contribution in [3.05, 3.63) is 71.2 Å². The van der Waals surface area contributed by atoms with Crippen molar-refractivity contribution in [3.8, 4) is 0 Å². The van der Waals surface area contributed by atoms with Crippen molar-refractivity contribution >= 4 is 41.7 Å². The second-order valence-electron chi connectivity index (χ2n) is 18.3. The van der Waals surface area contributed by atoms with Crippen LogP contribution in [0.1, 0.15) is 90.9 Å². The zero-order valence-electron chi connectivity index (χ0n) is 35.7. The number of ether oxygens (including phenoxy) is 7. The van der Waals surface area contributed by atoms with Gasteiger partial charge in [0, 0.05) is 31.1 Å². The number of carbonyl (C=O) groups is 7. The van der Waals surface area contributed by atoms with Crippen LogP contribution in [0, 0.1) is 22.2 Å². The van der Waals surface area contributed by atoms with Gasteiger partial charge in [0.2, 0.25) is 11.5 Å². The highest BCUT2D eigenvalue weighted by Crippen LogP contribution is 2.67. The first kappa shape index (κ1) is 44.5. The van der Waals surface area contributed by atoms with Gasteiger partial charge >= 0.3 is 30.0 Å². The van der Waals surface area contributed by atoms with Crippen LogP contribution < -0.4 is 5.32 Å². The van der Waals surface area contributed by atoms with Gasteiger partial charge in [-0.2, -0.15) is 0 Å². The fraction of sp³-hybridized carbons (Fsp3) is 0.568. The number of hydrogen-bond donors (Lipinski definition) is 3. The molecule has 2 saturated heterocycles. The molecular formula is C44H51NO17. The number of hydrogen-bond acceptors (Lipinski definition) is 17.